The van der Waals surface area contributed by atoms with Crippen LogP contribution < -0.4 is 0 Å². The summed E-state index contributed by atoms with van der Waals surface area (Å²) in [7, 11) is -2.14. The van der Waals surface area contributed by atoms with Crippen molar-refractivity contribution in [2.24, 2.45) is 0 Å². The highest BCUT2D eigenvalue weighted by atomic mass is 28.4. The van der Waals surface area contributed by atoms with Gasteiger partial charge in [-0.2, -0.15) is 0 Å². The van der Waals surface area contributed by atoms with Crippen LogP contribution in [0.5, 0.6) is 0 Å². The Bertz CT molecular complexity index is 699. The summed E-state index contributed by atoms with van der Waals surface area (Å²) in [5.41, 5.74) is 0.597. The van der Waals surface area contributed by atoms with Crippen LogP contribution in [-0.2, 0) is 9.22 Å². The molecule has 0 aliphatic rings. The Morgan fingerprint density at radius 2 is 0.491 bits per heavy atom. The Labute approximate surface area is 349 Å². The fourth-order valence-electron chi connectivity index (χ4n) is 8.74. The lowest BCUT2D eigenvalue weighted by Crippen LogP contribution is -2.40. The molecule has 55 heavy (non-hydrogen) atoms. The van der Waals surface area contributed by atoms with Crippen LogP contribution in [0.15, 0.2) is 12.2 Å². The van der Waals surface area contributed by atoms with Crippen LogP contribution in [0.3, 0.4) is 0 Å². The molecule has 0 aromatic rings. The third-order valence-electron chi connectivity index (χ3n) is 12.6. The van der Waals surface area contributed by atoms with Gasteiger partial charge in [0.25, 0.3) is 8.32 Å². The topological polar surface area (TPSA) is 26.3 Å². The molecule has 0 fully saturated rings. The minimum Gasteiger partial charge on any atom is -0.516 e. The van der Waals surface area contributed by atoms with E-state index in [0.29, 0.717) is 5.57 Å². The molecule has 328 valence electrons. The van der Waals surface area contributed by atoms with Gasteiger partial charge in [-0.05, 0) is 25.1 Å². The summed E-state index contributed by atoms with van der Waals surface area (Å²) >= 11 is 0. The van der Waals surface area contributed by atoms with Crippen LogP contribution in [0.4, 0.5) is 0 Å². The van der Waals surface area contributed by atoms with Gasteiger partial charge in [-0.3, -0.25) is 0 Å². The molecule has 0 unspecified atom stereocenters. The summed E-state index contributed by atoms with van der Waals surface area (Å²) in [5.74, 6) is -0.0900. The van der Waals surface area contributed by atoms with Crippen molar-refractivity contribution in [1.29, 1.82) is 0 Å². The van der Waals surface area contributed by atoms with E-state index in [1.807, 2.05) is 6.92 Å². The summed E-state index contributed by atoms with van der Waals surface area (Å²) in [6.07, 6.45) is 58.6. The molecule has 0 heterocycles. The Balaban J connectivity index is 4.67. The first-order valence-corrected chi connectivity index (χ1v) is 28.4. The third-order valence-corrected chi connectivity index (χ3v) is 17.0. The maximum atomic E-state index is 13.1. The molecule has 0 aromatic heterocycles. The van der Waals surface area contributed by atoms with Crippen molar-refractivity contribution >= 4 is 14.3 Å². The van der Waals surface area contributed by atoms with Crippen molar-refractivity contribution in [3.05, 3.63) is 12.2 Å². The number of hydrogen-bond acceptors (Lipinski definition) is 2. The lowest BCUT2D eigenvalue weighted by Gasteiger charge is -2.32. The second-order valence-electron chi connectivity index (χ2n) is 18.4. The summed E-state index contributed by atoms with van der Waals surface area (Å²) < 4.78 is 6.64. The van der Waals surface area contributed by atoms with Crippen LogP contribution in [0.1, 0.15) is 297 Å². The average Bonchev–Trinajstić information content (AvgIpc) is 3.18. The fourth-order valence-corrected chi connectivity index (χ4v) is 13.0. The van der Waals surface area contributed by atoms with Crippen LogP contribution in [0.25, 0.3) is 0 Å². The highest BCUT2D eigenvalue weighted by molar-refractivity contribution is 6.75. The lowest BCUT2D eigenvalue weighted by molar-refractivity contribution is -0.131. The van der Waals surface area contributed by atoms with Gasteiger partial charge in [-0.15, -0.1) is 0 Å². The van der Waals surface area contributed by atoms with Crippen molar-refractivity contribution in [3.63, 3.8) is 0 Å². The van der Waals surface area contributed by atoms with Gasteiger partial charge in [0.1, 0.15) is 0 Å². The molecular weight excluding hydrogens is 685 g/mol. The highest BCUT2D eigenvalue weighted by Gasteiger charge is 2.37. The molecule has 0 amide bonds. The van der Waals surface area contributed by atoms with Crippen molar-refractivity contribution in [2.45, 2.75) is 316 Å². The molecule has 2 nitrogen and oxygen atoms in total. The van der Waals surface area contributed by atoms with E-state index in [-0.39, 0.29) is 5.97 Å². The normalized spacial score (nSPS) is 11.8. The second kappa shape index (κ2) is 44.5. The van der Waals surface area contributed by atoms with Gasteiger partial charge in [0, 0.05) is 5.57 Å². The van der Waals surface area contributed by atoms with Gasteiger partial charge in [0.2, 0.25) is 0 Å². The Morgan fingerprint density at radius 1 is 0.327 bits per heavy atom. The van der Waals surface area contributed by atoms with Gasteiger partial charge in [-0.1, -0.05) is 297 Å². The Hall–Kier alpha value is -0.573. The van der Waals surface area contributed by atoms with E-state index < -0.39 is 8.32 Å². The van der Waals surface area contributed by atoms with Gasteiger partial charge in [0.05, 0.1) is 0 Å². The van der Waals surface area contributed by atoms with E-state index in [2.05, 4.69) is 27.4 Å². The summed E-state index contributed by atoms with van der Waals surface area (Å²) in [4.78, 5) is 13.1. The molecule has 3 heteroatoms. The summed E-state index contributed by atoms with van der Waals surface area (Å²) in [5, 5.41) is 0. The summed E-state index contributed by atoms with van der Waals surface area (Å²) in [6, 6.07) is 3.54. The summed E-state index contributed by atoms with van der Waals surface area (Å²) in [6.45, 7) is 12.8. The average molecular weight is 789 g/mol. The molecular formula is C52H104O2Si. The SMILES string of the molecule is C=C(C)C(=O)O[Si](CCCCCCCCCCCCCCCC)(CCCCCCCCCCCCCCCC)CCCCCCCCCCCCCCCC. The quantitative estimate of drug-likeness (QED) is 0.0349. The van der Waals surface area contributed by atoms with E-state index in [4.69, 9.17) is 4.43 Å². The molecule has 0 rings (SSSR count). The van der Waals surface area contributed by atoms with Crippen LogP contribution in [-0.4, -0.2) is 14.3 Å². The van der Waals surface area contributed by atoms with Gasteiger partial charge >= 0.3 is 5.97 Å². The van der Waals surface area contributed by atoms with Gasteiger partial charge in [-0.25, -0.2) is 4.79 Å². The number of carbonyl (C=O) groups is 1. The molecule has 0 aliphatic carbocycles. The molecule has 0 spiro atoms. The van der Waals surface area contributed by atoms with Crippen molar-refractivity contribution < 1.29 is 9.22 Å². The van der Waals surface area contributed by atoms with Gasteiger partial charge in [0.15, 0.2) is 0 Å². The van der Waals surface area contributed by atoms with E-state index in [1.165, 1.54) is 288 Å². The minimum absolute atomic E-state index is 0.0900. The number of rotatable bonds is 47. The van der Waals surface area contributed by atoms with Crippen LogP contribution in [0.2, 0.25) is 18.1 Å². The first-order chi connectivity index (χ1) is 27.0. The zero-order valence-corrected chi connectivity index (χ0v) is 39.8. The molecule has 0 bridgehead atoms. The maximum absolute atomic E-state index is 13.1. The standard InChI is InChI=1S/C52H104O2Si/c1-6-9-12-15-18-21-24-27-30-33-36-39-42-45-48-55(54-52(53)51(4)5,49-46-43-40-37-34-31-28-25-22-19-16-13-10-7-2)50-47-44-41-38-35-32-29-26-23-20-17-14-11-8-3/h4,6-50H2,1-3,5H3. The molecule has 0 N–H and O–H groups in total. The van der Waals surface area contributed by atoms with Crippen molar-refractivity contribution in [3.8, 4) is 0 Å². The molecule has 0 aliphatic heterocycles. The van der Waals surface area contributed by atoms with Crippen molar-refractivity contribution in [1.82, 2.24) is 0 Å². The van der Waals surface area contributed by atoms with E-state index >= 15 is 0 Å². The second-order valence-corrected chi connectivity index (χ2v) is 22.5. The van der Waals surface area contributed by atoms with Crippen molar-refractivity contribution in [2.75, 3.05) is 0 Å². The molecule has 0 saturated heterocycles. The number of hydrogen-bond donors (Lipinski definition) is 0. The maximum Gasteiger partial charge on any atom is 0.319 e. The Kier molecular flexibility index (Phi) is 44.1. The number of unbranched alkanes of at least 4 members (excludes halogenated alkanes) is 39. The van der Waals surface area contributed by atoms with Gasteiger partial charge < -0.3 is 4.43 Å². The van der Waals surface area contributed by atoms with Crippen LogP contribution >= 0.6 is 0 Å². The van der Waals surface area contributed by atoms with E-state index in [9.17, 15) is 4.79 Å². The Morgan fingerprint density at radius 3 is 0.655 bits per heavy atom. The molecule has 0 saturated carbocycles. The zero-order valence-electron chi connectivity index (χ0n) is 38.8. The minimum atomic E-state index is -2.14. The zero-order chi connectivity index (χ0) is 40.2. The smallest absolute Gasteiger partial charge is 0.319 e. The fraction of sp³-hybridized carbons (Fsp3) is 0.942. The predicted octanol–water partition coefficient (Wildman–Crippen LogP) is 19.5. The molecule has 0 aromatic carbocycles. The first kappa shape index (κ1) is 54.4. The molecule has 0 atom stereocenters. The first-order valence-electron chi connectivity index (χ1n) is 25.9. The monoisotopic (exact) mass is 789 g/mol. The van der Waals surface area contributed by atoms with E-state index in [1.54, 1.807) is 0 Å². The van der Waals surface area contributed by atoms with Crippen LogP contribution in [0, 0.1) is 0 Å². The third kappa shape index (κ3) is 40.0. The predicted molar refractivity (Wildman–Crippen MR) is 252 cm³/mol. The number of carbonyl (C=O) groups excluding carboxylic acids is 1. The molecule has 0 radical (unpaired) electrons. The highest BCUT2D eigenvalue weighted by Crippen LogP contribution is 2.32. The largest absolute Gasteiger partial charge is 0.516 e. The lowest BCUT2D eigenvalue weighted by atomic mass is 10.0. The van der Waals surface area contributed by atoms with E-state index in [0.717, 1.165) is 0 Å².